The second-order valence-electron chi connectivity index (χ2n) is 5.34. The molecule has 0 atom stereocenters. The molecule has 27 heavy (non-hydrogen) atoms. The fourth-order valence-electron chi connectivity index (χ4n) is 2.23. The highest BCUT2D eigenvalue weighted by Gasteiger charge is 2.13. The zero-order valence-corrected chi connectivity index (χ0v) is 16.5. The molecule has 0 fully saturated rings. The van der Waals surface area contributed by atoms with Gasteiger partial charge >= 0.3 is 0 Å². The molecule has 0 bridgehead atoms. The standard InChI is InChI=1S/C20H14BrN3O2S/c21-14-5-10-19(23-13-14)27-18-4-2-1-3-17(18)20(25)24-15-6-8-16(9-7-15)26-12-11-22/h1-10,13H,12H2,(H,24,25). The van der Waals surface area contributed by atoms with Crippen LogP contribution in [0.5, 0.6) is 5.75 Å². The number of anilines is 1. The van der Waals surface area contributed by atoms with Gasteiger partial charge in [0, 0.05) is 21.3 Å². The third kappa shape index (κ3) is 5.33. The molecule has 7 heteroatoms. The molecule has 0 saturated heterocycles. The molecule has 0 saturated carbocycles. The first kappa shape index (κ1) is 19.0. The molecule has 1 aromatic heterocycles. The molecule has 3 rings (SSSR count). The summed E-state index contributed by atoms with van der Waals surface area (Å²) >= 11 is 4.79. The summed E-state index contributed by atoms with van der Waals surface area (Å²) in [5.74, 6) is 0.368. The number of rotatable bonds is 6. The third-order valence-corrected chi connectivity index (χ3v) is 4.96. The van der Waals surface area contributed by atoms with Crippen molar-refractivity contribution in [3.63, 3.8) is 0 Å². The third-order valence-electron chi connectivity index (χ3n) is 3.46. The highest BCUT2D eigenvalue weighted by atomic mass is 79.9. The quantitative estimate of drug-likeness (QED) is 0.574. The van der Waals surface area contributed by atoms with Crippen molar-refractivity contribution in [3.8, 4) is 11.8 Å². The first-order chi connectivity index (χ1) is 13.2. The van der Waals surface area contributed by atoms with Gasteiger partial charge in [0.05, 0.1) is 5.56 Å². The van der Waals surface area contributed by atoms with E-state index in [1.165, 1.54) is 11.8 Å². The fraction of sp³-hybridized carbons (Fsp3) is 0.0500. The van der Waals surface area contributed by atoms with E-state index in [9.17, 15) is 4.79 Å². The van der Waals surface area contributed by atoms with Gasteiger partial charge in [-0.2, -0.15) is 5.26 Å². The molecule has 1 amide bonds. The number of amides is 1. The van der Waals surface area contributed by atoms with Crippen molar-refractivity contribution >= 4 is 39.3 Å². The Kier molecular flexibility index (Phi) is 6.47. The lowest BCUT2D eigenvalue weighted by Crippen LogP contribution is -2.12. The molecule has 1 N–H and O–H groups in total. The lowest BCUT2D eigenvalue weighted by Gasteiger charge is -2.10. The average molecular weight is 440 g/mol. The summed E-state index contributed by atoms with van der Waals surface area (Å²) in [6.45, 7) is -0.0135. The predicted molar refractivity (Wildman–Crippen MR) is 108 cm³/mol. The molecule has 0 unspecified atom stereocenters. The number of ether oxygens (including phenoxy) is 1. The molecular weight excluding hydrogens is 426 g/mol. The Hall–Kier alpha value is -2.82. The molecule has 0 aliphatic heterocycles. The molecule has 1 heterocycles. The maximum absolute atomic E-state index is 12.7. The second-order valence-corrected chi connectivity index (χ2v) is 7.32. The monoisotopic (exact) mass is 439 g/mol. The lowest BCUT2D eigenvalue weighted by atomic mass is 10.2. The van der Waals surface area contributed by atoms with Crippen molar-refractivity contribution in [1.82, 2.24) is 4.98 Å². The van der Waals surface area contributed by atoms with E-state index in [0.29, 0.717) is 17.0 Å². The van der Waals surface area contributed by atoms with E-state index in [-0.39, 0.29) is 12.5 Å². The smallest absolute Gasteiger partial charge is 0.256 e. The van der Waals surface area contributed by atoms with E-state index in [4.69, 9.17) is 10.00 Å². The van der Waals surface area contributed by atoms with Crippen molar-refractivity contribution < 1.29 is 9.53 Å². The normalized spacial score (nSPS) is 10.1. The van der Waals surface area contributed by atoms with E-state index >= 15 is 0 Å². The number of carbonyl (C=O) groups is 1. The number of carbonyl (C=O) groups excluding carboxylic acids is 1. The second kappa shape index (κ2) is 9.21. The lowest BCUT2D eigenvalue weighted by molar-refractivity contribution is 0.102. The average Bonchev–Trinajstić information content (AvgIpc) is 2.69. The van der Waals surface area contributed by atoms with Crippen molar-refractivity contribution in [2.45, 2.75) is 9.92 Å². The molecule has 134 valence electrons. The molecule has 0 spiro atoms. The van der Waals surface area contributed by atoms with Crippen LogP contribution >= 0.6 is 27.7 Å². The Morgan fingerprint density at radius 1 is 1.15 bits per heavy atom. The number of nitrogens with one attached hydrogen (secondary N) is 1. The van der Waals surface area contributed by atoms with Crippen LogP contribution in [-0.2, 0) is 0 Å². The van der Waals surface area contributed by atoms with Crippen LogP contribution in [0.25, 0.3) is 0 Å². The molecule has 5 nitrogen and oxygen atoms in total. The van der Waals surface area contributed by atoms with Crippen molar-refractivity contribution in [2.75, 3.05) is 11.9 Å². The van der Waals surface area contributed by atoms with Crippen LogP contribution in [0.3, 0.4) is 0 Å². The minimum absolute atomic E-state index is 0.0135. The first-order valence-corrected chi connectivity index (χ1v) is 9.56. The molecule has 0 radical (unpaired) electrons. The Labute approximate surface area is 169 Å². The molecular formula is C20H14BrN3O2S. The summed E-state index contributed by atoms with van der Waals surface area (Å²) in [6.07, 6.45) is 1.72. The molecule has 0 aliphatic rings. The Balaban J connectivity index is 1.73. The zero-order chi connectivity index (χ0) is 19.1. The van der Waals surface area contributed by atoms with Crippen LogP contribution in [0.2, 0.25) is 0 Å². The van der Waals surface area contributed by atoms with E-state index < -0.39 is 0 Å². The maximum Gasteiger partial charge on any atom is 0.256 e. The summed E-state index contributed by atoms with van der Waals surface area (Å²) in [5, 5.41) is 12.2. The van der Waals surface area contributed by atoms with E-state index in [1.807, 2.05) is 36.4 Å². The predicted octanol–water partition coefficient (Wildman–Crippen LogP) is 5.15. The molecule has 2 aromatic carbocycles. The minimum atomic E-state index is -0.207. The SMILES string of the molecule is N#CCOc1ccc(NC(=O)c2ccccc2Sc2ccc(Br)cn2)cc1. The van der Waals surface area contributed by atoms with Crippen LogP contribution in [0.1, 0.15) is 10.4 Å². The van der Waals surface area contributed by atoms with Gasteiger partial charge in [-0.3, -0.25) is 4.79 Å². The number of halogens is 1. The van der Waals surface area contributed by atoms with Gasteiger partial charge in [-0.05, 0) is 64.5 Å². The number of nitriles is 1. The van der Waals surface area contributed by atoms with E-state index in [2.05, 4.69) is 26.2 Å². The summed E-state index contributed by atoms with van der Waals surface area (Å²) in [6, 6.07) is 20.0. The molecule has 3 aromatic rings. The molecule has 0 aliphatic carbocycles. The summed E-state index contributed by atoms with van der Waals surface area (Å²) < 4.78 is 6.11. The van der Waals surface area contributed by atoms with Crippen molar-refractivity contribution in [3.05, 3.63) is 76.9 Å². The summed E-state index contributed by atoms with van der Waals surface area (Å²) in [7, 11) is 0. The Morgan fingerprint density at radius 2 is 1.93 bits per heavy atom. The minimum Gasteiger partial charge on any atom is -0.479 e. The largest absolute Gasteiger partial charge is 0.479 e. The highest BCUT2D eigenvalue weighted by Crippen LogP contribution is 2.30. The summed E-state index contributed by atoms with van der Waals surface area (Å²) in [4.78, 5) is 17.9. The highest BCUT2D eigenvalue weighted by molar-refractivity contribution is 9.10. The van der Waals surface area contributed by atoms with Gasteiger partial charge in [0.2, 0.25) is 0 Å². The van der Waals surface area contributed by atoms with Crippen LogP contribution in [0.4, 0.5) is 5.69 Å². The van der Waals surface area contributed by atoms with Crippen molar-refractivity contribution in [1.29, 1.82) is 5.26 Å². The van der Waals surface area contributed by atoms with Gasteiger partial charge < -0.3 is 10.1 Å². The summed E-state index contributed by atoms with van der Waals surface area (Å²) in [5.41, 5.74) is 1.21. The number of aromatic nitrogens is 1. The van der Waals surface area contributed by atoms with Crippen LogP contribution < -0.4 is 10.1 Å². The van der Waals surface area contributed by atoms with Crippen LogP contribution in [0, 0.1) is 11.3 Å². The first-order valence-electron chi connectivity index (χ1n) is 7.95. The van der Waals surface area contributed by atoms with Crippen LogP contribution in [-0.4, -0.2) is 17.5 Å². The Bertz CT molecular complexity index is 970. The van der Waals surface area contributed by atoms with Gasteiger partial charge in [0.15, 0.2) is 6.61 Å². The van der Waals surface area contributed by atoms with E-state index in [0.717, 1.165) is 14.4 Å². The van der Waals surface area contributed by atoms with Gasteiger partial charge in [0.1, 0.15) is 16.8 Å². The van der Waals surface area contributed by atoms with Gasteiger partial charge in [-0.25, -0.2) is 4.98 Å². The zero-order valence-electron chi connectivity index (χ0n) is 14.1. The van der Waals surface area contributed by atoms with Gasteiger partial charge in [-0.1, -0.05) is 23.9 Å². The van der Waals surface area contributed by atoms with Crippen molar-refractivity contribution in [2.24, 2.45) is 0 Å². The van der Waals surface area contributed by atoms with Crippen LogP contribution in [0.15, 0.2) is 81.3 Å². The van der Waals surface area contributed by atoms with Gasteiger partial charge in [-0.15, -0.1) is 0 Å². The van der Waals surface area contributed by atoms with E-state index in [1.54, 1.807) is 36.5 Å². The Morgan fingerprint density at radius 3 is 2.63 bits per heavy atom. The number of hydrogen-bond donors (Lipinski definition) is 1. The maximum atomic E-state index is 12.7. The number of pyridine rings is 1. The number of benzene rings is 2. The number of nitrogens with zero attached hydrogens (tertiary/aromatic N) is 2. The van der Waals surface area contributed by atoms with Gasteiger partial charge in [0.25, 0.3) is 5.91 Å². The topological polar surface area (TPSA) is 75.0 Å². The number of hydrogen-bond acceptors (Lipinski definition) is 5. The fourth-order valence-corrected chi connectivity index (χ4v) is 3.35.